The molecule has 0 aromatic heterocycles. The van der Waals surface area contributed by atoms with Gasteiger partial charge in [0.1, 0.15) is 5.60 Å². The van der Waals surface area contributed by atoms with Gasteiger partial charge >= 0.3 is 11.9 Å². The van der Waals surface area contributed by atoms with Crippen LogP contribution < -0.4 is 5.32 Å². The average molecular weight is 263 g/mol. The summed E-state index contributed by atoms with van der Waals surface area (Å²) in [4.78, 5) is 23.3. The van der Waals surface area contributed by atoms with E-state index < -0.39 is 17.5 Å². The van der Waals surface area contributed by atoms with Gasteiger partial charge in [0.25, 0.3) is 0 Å². The third kappa shape index (κ3) is 4.09. The van der Waals surface area contributed by atoms with E-state index in [1.807, 2.05) is 26.8 Å². The van der Waals surface area contributed by atoms with Crippen molar-refractivity contribution in [3.63, 3.8) is 0 Å². The van der Waals surface area contributed by atoms with E-state index in [0.29, 0.717) is 5.69 Å². The summed E-state index contributed by atoms with van der Waals surface area (Å²) in [6.07, 6.45) is 0. The minimum absolute atomic E-state index is 0.638. The van der Waals surface area contributed by atoms with Gasteiger partial charge in [-0.1, -0.05) is 6.07 Å². The van der Waals surface area contributed by atoms with Crippen LogP contribution in [0.5, 0.6) is 0 Å². The third-order valence-corrected chi connectivity index (χ3v) is 2.89. The quantitative estimate of drug-likeness (QED) is 0.626. The fourth-order valence-electron chi connectivity index (χ4n) is 1.59. The summed E-state index contributed by atoms with van der Waals surface area (Å²) in [5, 5.41) is 2.59. The number of carbonyl (C=O) groups is 2. The number of aryl methyl sites for hydroxylation is 1. The molecule has 0 saturated heterocycles. The minimum atomic E-state index is -0.870. The summed E-state index contributed by atoms with van der Waals surface area (Å²) in [7, 11) is 0. The topological polar surface area (TPSA) is 55.4 Å². The lowest BCUT2D eigenvalue weighted by Gasteiger charge is -2.19. The van der Waals surface area contributed by atoms with Gasteiger partial charge in [0, 0.05) is 5.69 Å². The summed E-state index contributed by atoms with van der Waals surface area (Å²) in [5.74, 6) is -1.62. The molecule has 0 unspecified atom stereocenters. The van der Waals surface area contributed by atoms with E-state index in [2.05, 4.69) is 5.32 Å². The summed E-state index contributed by atoms with van der Waals surface area (Å²) < 4.78 is 5.01. The lowest BCUT2D eigenvalue weighted by molar-refractivity contribution is -0.161. The van der Waals surface area contributed by atoms with Crippen LogP contribution in [-0.2, 0) is 14.3 Å². The van der Waals surface area contributed by atoms with Crippen molar-refractivity contribution in [2.45, 2.75) is 47.1 Å². The standard InChI is InChI=1S/C15H21NO3/c1-9-7-8-12(11(3)10(9)2)16-13(17)14(18)19-15(4,5)6/h7-8H,1-6H3,(H,16,17). The minimum Gasteiger partial charge on any atom is -0.453 e. The van der Waals surface area contributed by atoms with Crippen LogP contribution in [0.1, 0.15) is 37.5 Å². The number of esters is 1. The number of anilines is 1. The molecule has 0 spiro atoms. The van der Waals surface area contributed by atoms with Crippen molar-refractivity contribution in [3.8, 4) is 0 Å². The van der Waals surface area contributed by atoms with Crippen molar-refractivity contribution in [1.82, 2.24) is 0 Å². The molecule has 1 aromatic rings. The molecule has 4 heteroatoms. The number of hydrogen-bond donors (Lipinski definition) is 1. The Kier molecular flexibility index (Phi) is 4.35. The van der Waals surface area contributed by atoms with Gasteiger partial charge < -0.3 is 10.1 Å². The number of nitrogens with one attached hydrogen (secondary N) is 1. The van der Waals surface area contributed by atoms with E-state index >= 15 is 0 Å². The number of rotatable bonds is 1. The maximum Gasteiger partial charge on any atom is 0.397 e. The molecule has 0 heterocycles. The number of carbonyl (C=O) groups excluding carboxylic acids is 2. The molecular formula is C15H21NO3. The molecule has 0 atom stereocenters. The van der Waals surface area contributed by atoms with Crippen molar-refractivity contribution in [2.75, 3.05) is 5.32 Å². The molecule has 0 bridgehead atoms. The molecule has 0 aliphatic carbocycles. The van der Waals surface area contributed by atoms with Gasteiger partial charge in [-0.3, -0.25) is 4.79 Å². The van der Waals surface area contributed by atoms with Crippen molar-refractivity contribution < 1.29 is 14.3 Å². The second-order valence-corrected chi connectivity index (χ2v) is 5.64. The Labute approximate surface area is 114 Å². The number of benzene rings is 1. The number of ether oxygens (including phenoxy) is 1. The Morgan fingerprint density at radius 3 is 2.16 bits per heavy atom. The van der Waals surface area contributed by atoms with E-state index in [9.17, 15) is 9.59 Å². The second-order valence-electron chi connectivity index (χ2n) is 5.64. The largest absolute Gasteiger partial charge is 0.453 e. The first kappa shape index (κ1) is 15.2. The van der Waals surface area contributed by atoms with E-state index in [-0.39, 0.29) is 0 Å². The molecule has 19 heavy (non-hydrogen) atoms. The van der Waals surface area contributed by atoms with Crippen molar-refractivity contribution in [3.05, 3.63) is 28.8 Å². The summed E-state index contributed by atoms with van der Waals surface area (Å²) in [6, 6.07) is 3.70. The SMILES string of the molecule is Cc1ccc(NC(=O)C(=O)OC(C)(C)C)c(C)c1C. The Morgan fingerprint density at radius 2 is 1.63 bits per heavy atom. The molecule has 104 valence electrons. The average Bonchev–Trinajstić information content (AvgIpc) is 2.27. The molecule has 1 aromatic carbocycles. The van der Waals surface area contributed by atoms with Gasteiger partial charge in [-0.05, 0) is 64.3 Å². The highest BCUT2D eigenvalue weighted by Gasteiger charge is 2.23. The Balaban J connectivity index is 2.84. The molecule has 0 saturated carbocycles. The molecule has 0 aliphatic heterocycles. The lowest BCUT2D eigenvalue weighted by atomic mass is 10.0. The van der Waals surface area contributed by atoms with Crippen molar-refractivity contribution >= 4 is 17.6 Å². The van der Waals surface area contributed by atoms with Crippen LogP contribution in [0.4, 0.5) is 5.69 Å². The van der Waals surface area contributed by atoms with Gasteiger partial charge in [-0.2, -0.15) is 0 Å². The van der Waals surface area contributed by atoms with Crippen LogP contribution >= 0.6 is 0 Å². The van der Waals surface area contributed by atoms with Crippen LogP contribution in [-0.4, -0.2) is 17.5 Å². The van der Waals surface area contributed by atoms with E-state index in [1.165, 1.54) is 0 Å². The smallest absolute Gasteiger partial charge is 0.397 e. The molecule has 4 nitrogen and oxygen atoms in total. The Bertz CT molecular complexity index is 513. The Hall–Kier alpha value is -1.84. The van der Waals surface area contributed by atoms with E-state index in [1.54, 1.807) is 26.8 Å². The third-order valence-electron chi connectivity index (χ3n) is 2.89. The Morgan fingerprint density at radius 1 is 1.05 bits per heavy atom. The predicted molar refractivity (Wildman–Crippen MR) is 75.1 cm³/mol. The molecule has 1 amide bonds. The maximum atomic E-state index is 11.8. The molecule has 1 rings (SSSR count). The van der Waals surface area contributed by atoms with Crippen LogP contribution in [0.3, 0.4) is 0 Å². The second kappa shape index (κ2) is 5.43. The normalized spacial score (nSPS) is 11.1. The van der Waals surface area contributed by atoms with Gasteiger partial charge in [0.15, 0.2) is 0 Å². The van der Waals surface area contributed by atoms with Crippen LogP contribution in [0.2, 0.25) is 0 Å². The molecule has 0 aliphatic rings. The summed E-state index contributed by atoms with van der Waals surface area (Å²) in [6.45, 7) is 11.1. The van der Waals surface area contributed by atoms with Gasteiger partial charge in [0.05, 0.1) is 0 Å². The zero-order chi connectivity index (χ0) is 14.8. The van der Waals surface area contributed by atoms with Crippen LogP contribution in [0.15, 0.2) is 12.1 Å². The first-order valence-electron chi connectivity index (χ1n) is 6.23. The van der Waals surface area contributed by atoms with Gasteiger partial charge in [-0.15, -0.1) is 0 Å². The molecule has 0 radical (unpaired) electrons. The first-order chi connectivity index (χ1) is 8.61. The van der Waals surface area contributed by atoms with Gasteiger partial charge in [-0.25, -0.2) is 4.79 Å². The zero-order valence-electron chi connectivity index (χ0n) is 12.4. The van der Waals surface area contributed by atoms with E-state index in [4.69, 9.17) is 4.74 Å². The van der Waals surface area contributed by atoms with Crippen molar-refractivity contribution in [2.24, 2.45) is 0 Å². The fraction of sp³-hybridized carbons (Fsp3) is 0.467. The highest BCUT2D eigenvalue weighted by molar-refractivity contribution is 6.37. The highest BCUT2D eigenvalue weighted by Crippen LogP contribution is 2.21. The first-order valence-corrected chi connectivity index (χ1v) is 6.23. The van der Waals surface area contributed by atoms with Crippen molar-refractivity contribution in [1.29, 1.82) is 0 Å². The fourth-order valence-corrected chi connectivity index (χ4v) is 1.59. The van der Waals surface area contributed by atoms with Crippen LogP contribution in [0, 0.1) is 20.8 Å². The summed E-state index contributed by atoms with van der Waals surface area (Å²) >= 11 is 0. The highest BCUT2D eigenvalue weighted by atomic mass is 16.6. The lowest BCUT2D eigenvalue weighted by Crippen LogP contribution is -2.32. The van der Waals surface area contributed by atoms with Gasteiger partial charge in [0.2, 0.25) is 0 Å². The van der Waals surface area contributed by atoms with Crippen LogP contribution in [0.25, 0.3) is 0 Å². The molecule has 1 N–H and O–H groups in total. The molecule has 0 fully saturated rings. The number of hydrogen-bond acceptors (Lipinski definition) is 3. The van der Waals surface area contributed by atoms with E-state index in [0.717, 1.165) is 16.7 Å². The molecular weight excluding hydrogens is 242 g/mol. The number of amides is 1. The maximum absolute atomic E-state index is 11.8. The zero-order valence-corrected chi connectivity index (χ0v) is 12.4. The monoisotopic (exact) mass is 263 g/mol. The summed E-state index contributed by atoms with van der Waals surface area (Å²) in [5.41, 5.74) is 3.16. The predicted octanol–water partition coefficient (Wildman–Crippen LogP) is 2.89.